The van der Waals surface area contributed by atoms with E-state index in [4.69, 9.17) is 9.90 Å². The highest BCUT2D eigenvalue weighted by Gasteiger charge is 2.29. The Hall–Kier alpha value is -3.29. The van der Waals surface area contributed by atoms with Gasteiger partial charge in [0.1, 0.15) is 12.0 Å². The molecule has 2 aromatic rings. The summed E-state index contributed by atoms with van der Waals surface area (Å²) >= 11 is 0. The maximum atomic E-state index is 12.3. The Kier molecular flexibility index (Phi) is 11.9. The predicted octanol–water partition coefficient (Wildman–Crippen LogP) is 1.03. The van der Waals surface area contributed by atoms with E-state index < -0.39 is 34.2 Å². The van der Waals surface area contributed by atoms with E-state index in [1.54, 1.807) is 24.3 Å². The summed E-state index contributed by atoms with van der Waals surface area (Å²) in [4.78, 5) is 23.8. The van der Waals surface area contributed by atoms with Crippen LogP contribution in [0, 0.1) is 0 Å². The number of nitrogens with two attached hydrogens (primary N) is 1. The molecule has 13 heteroatoms. The van der Waals surface area contributed by atoms with E-state index in [2.05, 4.69) is 27.2 Å². The van der Waals surface area contributed by atoms with Crippen molar-refractivity contribution in [1.29, 1.82) is 0 Å². The summed E-state index contributed by atoms with van der Waals surface area (Å²) in [5, 5.41) is 20.4. The van der Waals surface area contributed by atoms with Gasteiger partial charge in [-0.2, -0.15) is 22.9 Å². The van der Waals surface area contributed by atoms with Gasteiger partial charge in [0.05, 0.1) is 17.0 Å². The van der Waals surface area contributed by atoms with E-state index in [9.17, 15) is 31.5 Å². The number of halogens is 3. The van der Waals surface area contributed by atoms with Crippen LogP contribution in [-0.4, -0.2) is 44.2 Å². The van der Waals surface area contributed by atoms with Crippen LogP contribution in [0.3, 0.4) is 0 Å². The van der Waals surface area contributed by atoms with Crippen LogP contribution in [-0.2, 0) is 32.5 Å². The Morgan fingerprint density at radius 3 is 2.45 bits per heavy atom. The lowest BCUT2D eigenvalue weighted by Crippen LogP contribution is -2.82. The number of aromatic amines is 1. The van der Waals surface area contributed by atoms with Gasteiger partial charge in [-0.3, -0.25) is 10.1 Å². The molecule has 0 fully saturated rings. The highest BCUT2D eigenvalue weighted by Crippen LogP contribution is 2.13. The van der Waals surface area contributed by atoms with Crippen molar-refractivity contribution in [2.24, 2.45) is 0 Å². The van der Waals surface area contributed by atoms with Crippen molar-refractivity contribution >= 4 is 27.8 Å². The smallest absolute Gasteiger partial charge is 0.430 e. The SMILES string of the molecule is O=C(O)C(C/C=C/CCCCc1ccc2c([nH+]1)[NH2+]CCC2)NS(=O)(=O)c1ccccc1.O=C([O-])C(F)(F)F. The number of nitrogens with one attached hydrogen (secondary N) is 2. The predicted molar refractivity (Wildman–Crippen MR) is 128 cm³/mol. The molecular formula is C25H31F3N3O6S+. The molecular weight excluding hydrogens is 527 g/mol. The molecule has 0 spiro atoms. The average Bonchev–Trinajstić information content (AvgIpc) is 2.87. The molecule has 9 nitrogen and oxygen atoms in total. The maximum absolute atomic E-state index is 12.3. The van der Waals surface area contributed by atoms with Crippen LogP contribution in [0.25, 0.3) is 0 Å². The first kappa shape index (κ1) is 30.9. The van der Waals surface area contributed by atoms with Gasteiger partial charge in [0.15, 0.2) is 5.69 Å². The molecule has 1 atom stereocenters. The number of quaternary nitrogens is 1. The highest BCUT2D eigenvalue weighted by molar-refractivity contribution is 7.89. The first-order valence-electron chi connectivity index (χ1n) is 12.0. The minimum atomic E-state index is -5.19. The minimum absolute atomic E-state index is 0.0572. The summed E-state index contributed by atoms with van der Waals surface area (Å²) in [6, 6.07) is 11.0. The van der Waals surface area contributed by atoms with Gasteiger partial charge < -0.3 is 15.0 Å². The lowest BCUT2D eigenvalue weighted by Gasteiger charge is -2.13. The molecule has 0 saturated heterocycles. The Morgan fingerprint density at radius 1 is 1.13 bits per heavy atom. The number of aryl methyl sites for hydroxylation is 2. The Bertz CT molecular complexity index is 1200. The number of carbonyl (C=O) groups excluding carboxylic acids is 1. The number of fused-ring (bicyclic) bond motifs is 1. The summed E-state index contributed by atoms with van der Waals surface area (Å²) in [5.74, 6) is -2.93. The number of aromatic nitrogens is 1. The second-order valence-electron chi connectivity index (χ2n) is 8.58. The van der Waals surface area contributed by atoms with Gasteiger partial charge in [0, 0.05) is 18.9 Å². The summed E-state index contributed by atoms with van der Waals surface area (Å²) in [6.45, 7) is 1.14. The van der Waals surface area contributed by atoms with Crippen molar-refractivity contribution in [3.63, 3.8) is 0 Å². The van der Waals surface area contributed by atoms with Crippen molar-refractivity contribution in [2.45, 2.75) is 62.1 Å². The Morgan fingerprint density at radius 2 is 1.82 bits per heavy atom. The number of benzene rings is 1. The first-order chi connectivity index (χ1) is 17.9. The van der Waals surface area contributed by atoms with E-state index >= 15 is 0 Å². The van der Waals surface area contributed by atoms with Crippen LogP contribution < -0.4 is 20.1 Å². The van der Waals surface area contributed by atoms with E-state index in [1.165, 1.54) is 35.6 Å². The van der Waals surface area contributed by atoms with Crippen molar-refractivity contribution in [2.75, 3.05) is 6.54 Å². The van der Waals surface area contributed by atoms with Crippen molar-refractivity contribution < 1.29 is 51.7 Å². The monoisotopic (exact) mass is 558 g/mol. The van der Waals surface area contributed by atoms with Gasteiger partial charge >= 0.3 is 18.0 Å². The van der Waals surface area contributed by atoms with Crippen LogP contribution in [0.4, 0.5) is 19.0 Å². The molecule has 0 aliphatic carbocycles. The number of allylic oxidation sites excluding steroid dienone is 1. The standard InChI is InChI=1S/C23H29N3O4S.C2HF3O2/c27-23(28)21(26-31(29,30)20-12-6-4-7-13-20)14-8-3-1-2-5-11-19-16-15-18-10-9-17-24-22(18)25-19;3-2(4,5)1(6)7/h3-4,6-8,12-13,15-16,21,26H,1-2,5,9-11,14,17H2,(H,24,25)(H,27,28);(H,6,7)/p+1/b8-3+;. The van der Waals surface area contributed by atoms with E-state index in [0.717, 1.165) is 38.6 Å². The third kappa shape index (κ3) is 10.6. The number of alkyl halides is 3. The second-order valence-corrected chi connectivity index (χ2v) is 10.3. The largest absolute Gasteiger partial charge is 0.542 e. The quantitative estimate of drug-likeness (QED) is 0.277. The number of carboxylic acid groups (broad SMARTS) is 2. The molecule has 0 bridgehead atoms. The number of rotatable bonds is 11. The molecule has 0 amide bonds. The zero-order chi connectivity index (χ0) is 28.2. The molecule has 0 radical (unpaired) electrons. The summed E-state index contributed by atoms with van der Waals surface area (Å²) < 4.78 is 58.5. The van der Waals surface area contributed by atoms with Crippen LogP contribution in [0.5, 0.6) is 0 Å². The average molecular weight is 559 g/mol. The number of H-pyrrole nitrogens is 1. The normalized spacial score (nSPS) is 14.3. The number of sulfonamides is 1. The van der Waals surface area contributed by atoms with Gasteiger partial charge in [-0.05, 0) is 50.3 Å². The molecule has 1 aromatic carbocycles. The van der Waals surface area contributed by atoms with Crippen molar-refractivity contribution in [3.8, 4) is 0 Å². The molecule has 38 heavy (non-hydrogen) atoms. The van der Waals surface area contributed by atoms with Gasteiger partial charge in [0.25, 0.3) is 0 Å². The lowest BCUT2D eigenvalue weighted by molar-refractivity contribution is -0.653. The van der Waals surface area contributed by atoms with E-state index in [-0.39, 0.29) is 11.3 Å². The number of hydrogen-bond donors (Lipinski definition) is 3. The van der Waals surface area contributed by atoms with Crippen molar-refractivity contribution in [1.82, 2.24) is 4.72 Å². The van der Waals surface area contributed by atoms with E-state index in [0.29, 0.717) is 0 Å². The molecule has 2 heterocycles. The summed E-state index contributed by atoms with van der Waals surface area (Å²) in [7, 11) is -3.86. The van der Waals surface area contributed by atoms with Crippen LogP contribution in [0.15, 0.2) is 59.5 Å². The lowest BCUT2D eigenvalue weighted by atomic mass is 10.1. The number of carboxylic acids is 2. The minimum Gasteiger partial charge on any atom is -0.542 e. The van der Waals surface area contributed by atoms with Gasteiger partial charge in [-0.15, -0.1) is 0 Å². The summed E-state index contributed by atoms with van der Waals surface area (Å²) in [6.07, 6.45) is 4.77. The van der Waals surface area contributed by atoms with Gasteiger partial charge in [-0.1, -0.05) is 30.4 Å². The third-order valence-corrected chi connectivity index (χ3v) is 7.10. The maximum Gasteiger partial charge on any atom is 0.430 e. The zero-order valence-electron chi connectivity index (χ0n) is 20.5. The Labute approximate surface area is 218 Å². The van der Waals surface area contributed by atoms with Gasteiger partial charge in [-0.25, -0.2) is 8.42 Å². The number of pyridine rings is 1. The van der Waals surface area contributed by atoms with Gasteiger partial charge in [0.2, 0.25) is 10.0 Å². The van der Waals surface area contributed by atoms with Crippen LogP contribution in [0.1, 0.15) is 43.4 Å². The number of carbonyl (C=O) groups is 2. The zero-order valence-corrected chi connectivity index (χ0v) is 21.4. The molecule has 208 valence electrons. The fourth-order valence-electron chi connectivity index (χ4n) is 3.65. The molecule has 1 aliphatic rings. The fourth-order valence-corrected chi connectivity index (χ4v) is 4.88. The molecule has 3 rings (SSSR count). The third-order valence-electron chi connectivity index (χ3n) is 5.61. The van der Waals surface area contributed by atoms with Crippen LogP contribution >= 0.6 is 0 Å². The molecule has 1 aromatic heterocycles. The first-order valence-corrected chi connectivity index (χ1v) is 13.5. The summed E-state index contributed by atoms with van der Waals surface area (Å²) in [5.41, 5.74) is 2.64. The fraction of sp³-hybridized carbons (Fsp3) is 0.400. The number of aliphatic carboxylic acids is 2. The van der Waals surface area contributed by atoms with Crippen LogP contribution in [0.2, 0.25) is 0 Å². The molecule has 1 unspecified atom stereocenters. The highest BCUT2D eigenvalue weighted by atomic mass is 32.2. The second kappa shape index (κ2) is 14.6. The molecule has 1 aliphatic heterocycles. The Balaban J connectivity index is 0.000000638. The number of hydrogen-bond acceptors (Lipinski definition) is 5. The topological polar surface area (TPSA) is 154 Å². The molecule has 5 N–H and O–H groups in total. The molecule has 0 saturated carbocycles. The van der Waals surface area contributed by atoms with E-state index in [1.807, 2.05) is 6.08 Å². The number of unbranched alkanes of at least 4 members (excludes halogenated alkanes) is 2. The van der Waals surface area contributed by atoms with Crippen molar-refractivity contribution in [3.05, 3.63) is 65.9 Å².